The summed E-state index contributed by atoms with van der Waals surface area (Å²) < 4.78 is 5.45. The van der Waals surface area contributed by atoms with E-state index in [0.717, 1.165) is 31.0 Å². The van der Waals surface area contributed by atoms with Crippen LogP contribution in [0.2, 0.25) is 0 Å². The van der Waals surface area contributed by atoms with Crippen LogP contribution in [0.15, 0.2) is 6.07 Å². The lowest BCUT2D eigenvalue weighted by Crippen LogP contribution is -2.32. The van der Waals surface area contributed by atoms with Crippen LogP contribution in [-0.2, 0) is 0 Å². The number of halogens is 1. The highest BCUT2D eigenvalue weighted by Crippen LogP contribution is 2.25. The van der Waals surface area contributed by atoms with Crippen molar-refractivity contribution >= 4 is 17.5 Å². The number of hydrogen-bond acceptors (Lipinski definition) is 4. The highest BCUT2D eigenvalue weighted by molar-refractivity contribution is 6.18. The molecule has 5 heteroatoms. The third kappa shape index (κ3) is 2.80. The zero-order chi connectivity index (χ0) is 12.3. The number of anilines is 1. The average molecular weight is 256 g/mol. The Morgan fingerprint density at radius 2 is 2.35 bits per heavy atom. The van der Waals surface area contributed by atoms with Crippen LogP contribution in [0.1, 0.15) is 25.5 Å². The maximum Gasteiger partial charge on any atom is 0.229 e. The van der Waals surface area contributed by atoms with Gasteiger partial charge in [-0.1, -0.05) is 0 Å². The summed E-state index contributed by atoms with van der Waals surface area (Å²) in [6.45, 7) is 5.51. The molecule has 0 spiro atoms. The molecule has 0 radical (unpaired) electrons. The highest BCUT2D eigenvalue weighted by atomic mass is 35.5. The van der Waals surface area contributed by atoms with Gasteiger partial charge in [-0.05, 0) is 26.7 Å². The van der Waals surface area contributed by atoms with Gasteiger partial charge in [0.2, 0.25) is 11.8 Å². The molecule has 2 heterocycles. The van der Waals surface area contributed by atoms with Gasteiger partial charge in [0.25, 0.3) is 0 Å². The normalized spacial score (nSPS) is 19.7. The Bertz CT molecular complexity index is 386. The van der Waals surface area contributed by atoms with E-state index >= 15 is 0 Å². The number of hydrogen-bond donors (Lipinski definition) is 0. The van der Waals surface area contributed by atoms with Crippen molar-refractivity contribution in [2.75, 3.05) is 23.9 Å². The molecule has 1 aromatic rings. The number of aryl methyl sites for hydroxylation is 1. The first-order valence-electron chi connectivity index (χ1n) is 6.05. The van der Waals surface area contributed by atoms with Gasteiger partial charge in [-0.25, -0.2) is 4.98 Å². The molecule has 0 amide bonds. The second-order valence-electron chi connectivity index (χ2n) is 4.22. The predicted molar refractivity (Wildman–Crippen MR) is 69.0 cm³/mol. The Labute approximate surface area is 107 Å². The predicted octanol–water partition coefficient (Wildman–Crippen LogP) is 2.39. The molecule has 1 saturated heterocycles. The Kier molecular flexibility index (Phi) is 4.05. The molecule has 0 N–H and O–H groups in total. The number of rotatable bonds is 4. The Hall–Kier alpha value is -1.03. The van der Waals surface area contributed by atoms with Crippen LogP contribution in [0.25, 0.3) is 0 Å². The minimum Gasteiger partial charge on any atom is -0.478 e. The lowest BCUT2D eigenvalue weighted by molar-refractivity contribution is 0.326. The monoisotopic (exact) mass is 255 g/mol. The van der Waals surface area contributed by atoms with E-state index < -0.39 is 0 Å². The summed E-state index contributed by atoms with van der Waals surface area (Å²) in [7, 11) is 0. The fraction of sp³-hybridized carbons (Fsp3) is 0.667. The number of ether oxygens (including phenoxy) is 1. The van der Waals surface area contributed by atoms with Gasteiger partial charge in [0, 0.05) is 30.2 Å². The fourth-order valence-electron chi connectivity index (χ4n) is 2.13. The fourth-order valence-corrected chi connectivity index (χ4v) is 2.46. The summed E-state index contributed by atoms with van der Waals surface area (Å²) in [6, 6.07) is 2.21. The van der Waals surface area contributed by atoms with E-state index in [1.165, 1.54) is 0 Å². The van der Waals surface area contributed by atoms with E-state index in [1.54, 1.807) is 0 Å². The molecular weight excluding hydrogens is 238 g/mol. The molecule has 0 saturated carbocycles. The topological polar surface area (TPSA) is 38.2 Å². The summed E-state index contributed by atoms with van der Waals surface area (Å²) >= 11 is 5.96. The highest BCUT2D eigenvalue weighted by Gasteiger charge is 2.26. The molecule has 0 bridgehead atoms. The lowest BCUT2D eigenvalue weighted by Gasteiger charge is -2.23. The van der Waals surface area contributed by atoms with Crippen LogP contribution in [0, 0.1) is 6.92 Å². The maximum atomic E-state index is 5.96. The van der Waals surface area contributed by atoms with Gasteiger partial charge in [-0.3, -0.25) is 0 Å². The summed E-state index contributed by atoms with van der Waals surface area (Å²) in [5.74, 6) is 2.02. The van der Waals surface area contributed by atoms with Gasteiger partial charge in [0.1, 0.15) is 0 Å². The van der Waals surface area contributed by atoms with Crippen LogP contribution in [0.4, 0.5) is 5.95 Å². The molecule has 2 rings (SSSR count). The first-order chi connectivity index (χ1) is 8.24. The zero-order valence-corrected chi connectivity index (χ0v) is 11.1. The first-order valence-corrected chi connectivity index (χ1v) is 6.59. The van der Waals surface area contributed by atoms with Crippen molar-refractivity contribution < 1.29 is 4.74 Å². The van der Waals surface area contributed by atoms with Crippen molar-refractivity contribution in [3.63, 3.8) is 0 Å². The minimum absolute atomic E-state index is 0.355. The van der Waals surface area contributed by atoms with Gasteiger partial charge >= 0.3 is 0 Å². The average Bonchev–Trinajstić information content (AvgIpc) is 2.76. The van der Waals surface area contributed by atoms with Gasteiger partial charge in [-0.2, -0.15) is 4.98 Å². The van der Waals surface area contributed by atoms with E-state index in [-0.39, 0.29) is 0 Å². The largest absolute Gasteiger partial charge is 0.478 e. The molecule has 94 valence electrons. The van der Waals surface area contributed by atoms with Crippen LogP contribution < -0.4 is 9.64 Å². The number of alkyl halides is 1. The third-order valence-electron chi connectivity index (χ3n) is 2.92. The van der Waals surface area contributed by atoms with Crippen LogP contribution in [0.5, 0.6) is 5.88 Å². The van der Waals surface area contributed by atoms with Crippen LogP contribution >= 0.6 is 11.6 Å². The van der Waals surface area contributed by atoms with Crippen molar-refractivity contribution in [3.05, 3.63) is 11.8 Å². The standard InChI is InChI=1S/C12H18ClN3O/c1-3-17-11-7-9(2)14-12(15-11)16-6-4-5-10(16)8-13/h7,10H,3-6,8H2,1-2H3. The summed E-state index contributed by atoms with van der Waals surface area (Å²) in [5.41, 5.74) is 0.929. The summed E-state index contributed by atoms with van der Waals surface area (Å²) in [6.07, 6.45) is 2.27. The smallest absolute Gasteiger partial charge is 0.229 e. The Morgan fingerprint density at radius 3 is 3.06 bits per heavy atom. The molecule has 1 aliphatic rings. The summed E-state index contributed by atoms with van der Waals surface area (Å²) in [5, 5.41) is 0. The van der Waals surface area contributed by atoms with Crippen molar-refractivity contribution in [1.82, 2.24) is 9.97 Å². The molecule has 17 heavy (non-hydrogen) atoms. The molecule has 1 unspecified atom stereocenters. The van der Waals surface area contributed by atoms with Crippen LogP contribution in [-0.4, -0.2) is 35.0 Å². The van der Waals surface area contributed by atoms with E-state index in [2.05, 4.69) is 14.9 Å². The van der Waals surface area contributed by atoms with Crippen molar-refractivity contribution in [2.24, 2.45) is 0 Å². The van der Waals surface area contributed by atoms with Crippen molar-refractivity contribution in [2.45, 2.75) is 32.7 Å². The SMILES string of the molecule is CCOc1cc(C)nc(N2CCCC2CCl)n1. The molecule has 1 fully saturated rings. The number of aromatic nitrogens is 2. The quantitative estimate of drug-likeness (QED) is 0.775. The van der Waals surface area contributed by atoms with E-state index in [1.807, 2.05) is 19.9 Å². The van der Waals surface area contributed by atoms with E-state index in [9.17, 15) is 0 Å². The van der Waals surface area contributed by atoms with Gasteiger partial charge in [0.05, 0.1) is 6.61 Å². The van der Waals surface area contributed by atoms with Gasteiger partial charge in [0.15, 0.2) is 0 Å². The number of nitrogens with zero attached hydrogens (tertiary/aromatic N) is 3. The van der Waals surface area contributed by atoms with Crippen LogP contribution in [0.3, 0.4) is 0 Å². The molecule has 1 aromatic heterocycles. The van der Waals surface area contributed by atoms with Crippen molar-refractivity contribution in [3.8, 4) is 5.88 Å². The third-order valence-corrected chi connectivity index (χ3v) is 3.28. The van der Waals surface area contributed by atoms with Gasteiger partial charge < -0.3 is 9.64 Å². The maximum absolute atomic E-state index is 5.96. The molecule has 0 aromatic carbocycles. The zero-order valence-electron chi connectivity index (χ0n) is 10.3. The molecule has 1 aliphatic heterocycles. The first kappa shape index (κ1) is 12.4. The van der Waals surface area contributed by atoms with Crippen molar-refractivity contribution in [1.29, 1.82) is 0 Å². The van der Waals surface area contributed by atoms with E-state index in [4.69, 9.17) is 16.3 Å². The Balaban J connectivity index is 2.24. The molecule has 4 nitrogen and oxygen atoms in total. The second kappa shape index (κ2) is 5.54. The molecular formula is C12H18ClN3O. The second-order valence-corrected chi connectivity index (χ2v) is 4.53. The lowest BCUT2D eigenvalue weighted by atomic mass is 10.2. The summed E-state index contributed by atoms with van der Waals surface area (Å²) in [4.78, 5) is 11.1. The minimum atomic E-state index is 0.355. The molecule has 1 atom stereocenters. The van der Waals surface area contributed by atoms with E-state index in [0.29, 0.717) is 24.4 Å². The Morgan fingerprint density at radius 1 is 1.53 bits per heavy atom. The van der Waals surface area contributed by atoms with Gasteiger partial charge in [-0.15, -0.1) is 11.6 Å². The molecule has 0 aliphatic carbocycles.